The third kappa shape index (κ3) is 5.36. The van der Waals surface area contributed by atoms with Crippen LogP contribution in [0.25, 0.3) is 0 Å². The molecule has 1 aliphatic heterocycles. The lowest BCUT2D eigenvalue weighted by molar-refractivity contribution is -0.117. The maximum Gasteiger partial charge on any atom is 0.266 e. The number of hydrogen-bond donors (Lipinski definition) is 2. The molecule has 0 atom stereocenters. The highest BCUT2D eigenvalue weighted by Crippen LogP contribution is 2.33. The number of halogens is 1. The van der Waals surface area contributed by atoms with Crippen molar-refractivity contribution in [3.8, 4) is 0 Å². The molecule has 9 nitrogen and oxygen atoms in total. The summed E-state index contributed by atoms with van der Waals surface area (Å²) in [7, 11) is 0. The fraction of sp³-hybridized carbons (Fsp3) is 0.148. The molecular weight excluding hydrogens is 496 g/mol. The third-order valence-corrected chi connectivity index (χ3v) is 6.04. The molecule has 0 bridgehead atoms. The fourth-order valence-corrected chi connectivity index (χ4v) is 4.17. The second kappa shape index (κ2) is 10.6. The van der Waals surface area contributed by atoms with E-state index in [-0.39, 0.29) is 46.4 Å². The van der Waals surface area contributed by atoms with Crippen LogP contribution in [0.4, 0.5) is 17.1 Å². The summed E-state index contributed by atoms with van der Waals surface area (Å²) in [6.45, 7) is 3.15. The summed E-state index contributed by atoms with van der Waals surface area (Å²) in [5.41, 5.74) is 1.80. The lowest BCUT2D eigenvalue weighted by Gasteiger charge is -2.20. The number of fused-ring (bicyclic) bond motifs is 1. The van der Waals surface area contributed by atoms with Crippen LogP contribution in [0.5, 0.6) is 0 Å². The Morgan fingerprint density at radius 1 is 0.865 bits per heavy atom. The summed E-state index contributed by atoms with van der Waals surface area (Å²) in [5.74, 6) is -2.18. The molecule has 0 unspecified atom stereocenters. The standard InChI is InChI=1S/C27H23ClN4O5/c1-3-31(15-24(34)30-19-11-9-18(10-12-19)29-16(2)33)25(35)17-8-13-20-21(14-17)27(37)32(26(20)36)23-7-5-4-6-22(23)28/h4-14H,3,15H2,1-2H3,(H,29,33)(H,30,34). The zero-order valence-electron chi connectivity index (χ0n) is 20.1. The average molecular weight is 519 g/mol. The summed E-state index contributed by atoms with van der Waals surface area (Å²) in [6.07, 6.45) is 0. The minimum Gasteiger partial charge on any atom is -0.330 e. The van der Waals surface area contributed by atoms with Gasteiger partial charge in [0.25, 0.3) is 17.7 Å². The maximum atomic E-state index is 13.2. The Bertz CT molecular complexity index is 1420. The van der Waals surface area contributed by atoms with Gasteiger partial charge in [-0.15, -0.1) is 0 Å². The van der Waals surface area contributed by atoms with E-state index in [0.29, 0.717) is 11.4 Å². The van der Waals surface area contributed by atoms with Gasteiger partial charge >= 0.3 is 0 Å². The number of benzene rings is 3. The Balaban J connectivity index is 1.47. The zero-order valence-corrected chi connectivity index (χ0v) is 20.8. The van der Waals surface area contributed by atoms with Crippen molar-refractivity contribution in [2.45, 2.75) is 13.8 Å². The first-order chi connectivity index (χ1) is 17.7. The Labute approximate surface area is 218 Å². The van der Waals surface area contributed by atoms with Gasteiger partial charge in [0.1, 0.15) is 6.54 Å². The van der Waals surface area contributed by atoms with Crippen LogP contribution in [0, 0.1) is 0 Å². The van der Waals surface area contributed by atoms with Crippen LogP contribution in [-0.2, 0) is 9.59 Å². The van der Waals surface area contributed by atoms with Crippen LogP contribution < -0.4 is 15.5 Å². The Morgan fingerprint density at radius 3 is 2.11 bits per heavy atom. The van der Waals surface area contributed by atoms with Crippen molar-refractivity contribution in [1.29, 1.82) is 0 Å². The molecular formula is C27H23ClN4O5. The maximum absolute atomic E-state index is 13.2. The summed E-state index contributed by atoms with van der Waals surface area (Å²) in [5, 5.41) is 5.60. The number of likely N-dealkylation sites (N-methyl/N-ethyl adjacent to an activating group) is 1. The molecule has 4 rings (SSSR count). The van der Waals surface area contributed by atoms with Gasteiger partial charge in [0, 0.05) is 30.4 Å². The van der Waals surface area contributed by atoms with Gasteiger partial charge in [-0.2, -0.15) is 0 Å². The van der Waals surface area contributed by atoms with Crippen LogP contribution in [0.2, 0.25) is 5.02 Å². The van der Waals surface area contributed by atoms with E-state index in [1.807, 2.05) is 0 Å². The van der Waals surface area contributed by atoms with Crippen LogP contribution in [0.1, 0.15) is 44.9 Å². The van der Waals surface area contributed by atoms with Crippen molar-refractivity contribution in [3.05, 3.63) is 88.4 Å². The molecule has 0 radical (unpaired) electrons. The summed E-state index contributed by atoms with van der Waals surface area (Å²) in [6, 6.07) is 17.3. The monoisotopic (exact) mass is 518 g/mol. The predicted octanol–water partition coefficient (Wildman–Crippen LogP) is 4.20. The quantitative estimate of drug-likeness (QED) is 0.455. The van der Waals surface area contributed by atoms with Gasteiger partial charge in [0.2, 0.25) is 11.8 Å². The minimum atomic E-state index is -0.578. The SMILES string of the molecule is CCN(CC(=O)Nc1ccc(NC(C)=O)cc1)C(=O)c1ccc2c(c1)C(=O)N(c1ccccc1Cl)C2=O. The topological polar surface area (TPSA) is 116 Å². The van der Waals surface area contributed by atoms with Gasteiger partial charge in [0.15, 0.2) is 0 Å². The van der Waals surface area contributed by atoms with Gasteiger partial charge in [-0.05, 0) is 61.5 Å². The summed E-state index contributed by atoms with van der Waals surface area (Å²) >= 11 is 6.19. The zero-order chi connectivity index (χ0) is 26.7. The number of carbonyl (C=O) groups excluding carboxylic acids is 5. The van der Waals surface area contributed by atoms with Crippen molar-refractivity contribution in [2.24, 2.45) is 0 Å². The van der Waals surface area contributed by atoms with E-state index in [2.05, 4.69) is 10.6 Å². The Morgan fingerprint density at radius 2 is 1.49 bits per heavy atom. The molecule has 1 aliphatic rings. The molecule has 10 heteroatoms. The average Bonchev–Trinajstić information content (AvgIpc) is 3.12. The molecule has 3 aromatic rings. The van der Waals surface area contributed by atoms with Gasteiger partial charge in [-0.25, -0.2) is 4.90 Å². The van der Waals surface area contributed by atoms with Crippen LogP contribution >= 0.6 is 11.6 Å². The molecule has 0 aliphatic carbocycles. The van der Waals surface area contributed by atoms with Gasteiger partial charge < -0.3 is 15.5 Å². The van der Waals surface area contributed by atoms with E-state index in [0.717, 1.165) is 4.90 Å². The van der Waals surface area contributed by atoms with Crippen molar-refractivity contribution in [3.63, 3.8) is 0 Å². The fourth-order valence-electron chi connectivity index (χ4n) is 3.95. The lowest BCUT2D eigenvalue weighted by Crippen LogP contribution is -2.38. The minimum absolute atomic E-state index is 0.0931. The number of para-hydroxylation sites is 1. The van der Waals surface area contributed by atoms with Crippen molar-refractivity contribution in [2.75, 3.05) is 28.6 Å². The molecule has 1 heterocycles. The normalized spacial score (nSPS) is 12.2. The molecule has 0 fully saturated rings. The van der Waals surface area contributed by atoms with E-state index in [9.17, 15) is 24.0 Å². The Hall–Kier alpha value is -4.50. The Kier molecular flexibility index (Phi) is 7.35. The second-order valence-electron chi connectivity index (χ2n) is 8.28. The first kappa shape index (κ1) is 25.6. The van der Waals surface area contributed by atoms with Crippen molar-refractivity contribution in [1.82, 2.24) is 4.90 Å². The molecule has 5 amide bonds. The van der Waals surface area contributed by atoms with E-state index >= 15 is 0 Å². The molecule has 3 aromatic carbocycles. The van der Waals surface area contributed by atoms with E-state index in [4.69, 9.17) is 11.6 Å². The number of imide groups is 1. The highest BCUT2D eigenvalue weighted by atomic mass is 35.5. The second-order valence-corrected chi connectivity index (χ2v) is 8.69. The molecule has 0 aromatic heterocycles. The van der Waals surface area contributed by atoms with E-state index in [1.54, 1.807) is 55.5 Å². The summed E-state index contributed by atoms with van der Waals surface area (Å²) < 4.78 is 0. The molecule has 0 saturated heterocycles. The highest BCUT2D eigenvalue weighted by molar-refractivity contribution is 6.39. The van der Waals surface area contributed by atoms with Crippen LogP contribution in [0.3, 0.4) is 0 Å². The van der Waals surface area contributed by atoms with E-state index in [1.165, 1.54) is 30.0 Å². The lowest BCUT2D eigenvalue weighted by atomic mass is 10.0. The number of nitrogens with zero attached hydrogens (tertiary/aromatic N) is 2. The van der Waals surface area contributed by atoms with Gasteiger partial charge in [0.05, 0.1) is 21.8 Å². The number of anilines is 3. The first-order valence-corrected chi connectivity index (χ1v) is 11.8. The number of nitrogens with one attached hydrogen (secondary N) is 2. The third-order valence-electron chi connectivity index (χ3n) is 5.72. The highest BCUT2D eigenvalue weighted by Gasteiger charge is 2.38. The van der Waals surface area contributed by atoms with E-state index < -0.39 is 23.6 Å². The molecule has 0 spiro atoms. The first-order valence-electron chi connectivity index (χ1n) is 11.4. The largest absolute Gasteiger partial charge is 0.330 e. The number of hydrogen-bond acceptors (Lipinski definition) is 5. The van der Waals surface area contributed by atoms with Crippen molar-refractivity contribution < 1.29 is 24.0 Å². The van der Waals surface area contributed by atoms with Crippen LogP contribution in [-0.4, -0.2) is 47.5 Å². The molecule has 2 N–H and O–H groups in total. The van der Waals surface area contributed by atoms with Gasteiger partial charge in [-0.1, -0.05) is 23.7 Å². The smallest absolute Gasteiger partial charge is 0.266 e. The predicted molar refractivity (Wildman–Crippen MR) is 140 cm³/mol. The van der Waals surface area contributed by atoms with Crippen LogP contribution in [0.15, 0.2) is 66.7 Å². The number of rotatable bonds is 7. The van der Waals surface area contributed by atoms with Gasteiger partial charge in [-0.3, -0.25) is 24.0 Å². The molecule has 37 heavy (non-hydrogen) atoms. The van der Waals surface area contributed by atoms with Crippen molar-refractivity contribution >= 4 is 58.2 Å². The number of carbonyl (C=O) groups is 5. The number of amides is 5. The summed E-state index contributed by atoms with van der Waals surface area (Å²) in [4.78, 5) is 65.2. The molecule has 0 saturated carbocycles. The molecule has 188 valence electrons.